The quantitative estimate of drug-likeness (QED) is 0.628. The van der Waals surface area contributed by atoms with Gasteiger partial charge in [0, 0.05) is 28.6 Å². The summed E-state index contributed by atoms with van der Waals surface area (Å²) in [5.74, 6) is 0.496. The Balaban J connectivity index is 2.28. The van der Waals surface area contributed by atoms with Crippen molar-refractivity contribution in [3.8, 4) is 0 Å². The number of anilines is 1. The number of aliphatic hydroxyl groups is 1. The molecule has 1 aromatic rings. The van der Waals surface area contributed by atoms with Crippen LogP contribution in [-0.4, -0.2) is 23.5 Å². The van der Waals surface area contributed by atoms with E-state index in [1.807, 2.05) is 6.07 Å². The Morgan fingerprint density at radius 2 is 2.21 bits per heavy atom. The molecule has 5 heteroatoms. The lowest BCUT2D eigenvalue weighted by Gasteiger charge is -2.29. The molecule has 0 radical (unpaired) electrons. The second-order valence-corrected chi connectivity index (χ2v) is 5.57. The van der Waals surface area contributed by atoms with Gasteiger partial charge in [-0.05, 0) is 39.3 Å². The van der Waals surface area contributed by atoms with Crippen molar-refractivity contribution in [2.24, 2.45) is 10.7 Å². The first-order valence-electron chi connectivity index (χ1n) is 6.71. The summed E-state index contributed by atoms with van der Waals surface area (Å²) in [7, 11) is 0. The maximum atomic E-state index is 9.71. The van der Waals surface area contributed by atoms with Gasteiger partial charge in [0.2, 0.25) is 6.35 Å². The van der Waals surface area contributed by atoms with Crippen LogP contribution in [0.5, 0.6) is 0 Å². The molecule has 5 nitrogen and oxygen atoms in total. The van der Waals surface area contributed by atoms with Gasteiger partial charge in [-0.15, -0.1) is 0 Å². The molecule has 2 aliphatic rings. The van der Waals surface area contributed by atoms with Crippen molar-refractivity contribution in [1.82, 2.24) is 5.32 Å². The van der Waals surface area contributed by atoms with Crippen LogP contribution in [0.1, 0.15) is 26.3 Å². The SMILES string of the molecule is CC(C)N1c2ccc3c(c2CC1C)=NC(O)NC=3N. The average Bonchev–Trinajstić information content (AvgIpc) is 2.65. The van der Waals surface area contributed by atoms with Gasteiger partial charge in [0.15, 0.2) is 0 Å². The molecule has 2 atom stereocenters. The zero-order chi connectivity index (χ0) is 13.7. The summed E-state index contributed by atoms with van der Waals surface area (Å²) < 4.78 is 0. The van der Waals surface area contributed by atoms with E-state index in [1.54, 1.807) is 0 Å². The largest absolute Gasteiger partial charge is 0.385 e. The molecule has 0 saturated carbocycles. The van der Waals surface area contributed by atoms with Crippen molar-refractivity contribution in [1.29, 1.82) is 0 Å². The van der Waals surface area contributed by atoms with Gasteiger partial charge in [0.1, 0.15) is 5.82 Å². The molecule has 19 heavy (non-hydrogen) atoms. The van der Waals surface area contributed by atoms with Gasteiger partial charge in [-0.1, -0.05) is 0 Å². The van der Waals surface area contributed by atoms with E-state index in [0.717, 1.165) is 17.0 Å². The number of benzene rings is 1. The highest BCUT2D eigenvalue weighted by molar-refractivity contribution is 5.61. The Labute approximate surface area is 112 Å². The molecule has 2 heterocycles. The third-order valence-electron chi connectivity index (χ3n) is 3.89. The van der Waals surface area contributed by atoms with Gasteiger partial charge < -0.3 is 21.1 Å². The molecule has 3 rings (SSSR count). The molecule has 0 saturated heterocycles. The van der Waals surface area contributed by atoms with E-state index in [1.165, 1.54) is 11.3 Å². The first-order chi connectivity index (χ1) is 8.99. The third kappa shape index (κ3) is 1.76. The Kier molecular flexibility index (Phi) is 2.67. The smallest absolute Gasteiger partial charge is 0.224 e. The lowest BCUT2D eigenvalue weighted by molar-refractivity contribution is 0.159. The fourth-order valence-electron chi connectivity index (χ4n) is 3.22. The van der Waals surface area contributed by atoms with Crippen LogP contribution in [0.2, 0.25) is 0 Å². The van der Waals surface area contributed by atoms with Gasteiger partial charge in [0.25, 0.3) is 0 Å². The number of nitrogens with two attached hydrogens (primary N) is 1. The fourth-order valence-corrected chi connectivity index (χ4v) is 3.22. The monoisotopic (exact) mass is 260 g/mol. The number of fused-ring (bicyclic) bond motifs is 3. The molecular weight excluding hydrogens is 240 g/mol. The van der Waals surface area contributed by atoms with Crippen molar-refractivity contribution in [2.75, 3.05) is 4.90 Å². The van der Waals surface area contributed by atoms with Gasteiger partial charge in [-0.25, -0.2) is 4.99 Å². The highest BCUT2D eigenvalue weighted by Gasteiger charge is 2.30. The summed E-state index contributed by atoms with van der Waals surface area (Å²) in [6.07, 6.45) is 0.00241. The van der Waals surface area contributed by atoms with E-state index in [2.05, 4.69) is 42.0 Å². The predicted octanol–water partition coefficient (Wildman–Crippen LogP) is -0.631. The van der Waals surface area contributed by atoms with Crippen molar-refractivity contribution in [3.05, 3.63) is 28.3 Å². The minimum atomic E-state index is -0.942. The van der Waals surface area contributed by atoms with Crippen molar-refractivity contribution >= 4 is 11.5 Å². The van der Waals surface area contributed by atoms with Crippen molar-refractivity contribution < 1.29 is 5.11 Å². The van der Waals surface area contributed by atoms with Crippen LogP contribution in [-0.2, 0) is 6.42 Å². The first kappa shape index (κ1) is 12.3. The number of hydrogen-bond donors (Lipinski definition) is 3. The number of aliphatic hydroxyl groups excluding tert-OH is 1. The van der Waals surface area contributed by atoms with Crippen molar-refractivity contribution in [2.45, 2.75) is 45.6 Å². The molecule has 0 spiro atoms. The highest BCUT2D eigenvalue weighted by Crippen LogP contribution is 2.30. The maximum Gasteiger partial charge on any atom is 0.224 e. The van der Waals surface area contributed by atoms with Gasteiger partial charge in [-0.3, -0.25) is 0 Å². The number of nitrogens with zero attached hydrogens (tertiary/aromatic N) is 2. The molecule has 0 bridgehead atoms. The number of hydrogen-bond acceptors (Lipinski definition) is 5. The van der Waals surface area contributed by atoms with E-state index < -0.39 is 6.35 Å². The Hall–Kier alpha value is -1.75. The molecular formula is C14H20N4O. The summed E-state index contributed by atoms with van der Waals surface area (Å²) in [5.41, 5.74) is 8.34. The lowest BCUT2D eigenvalue weighted by Crippen LogP contribution is -2.47. The molecule has 1 aromatic carbocycles. The van der Waals surface area contributed by atoms with Gasteiger partial charge in [-0.2, -0.15) is 0 Å². The minimum Gasteiger partial charge on any atom is -0.385 e. The molecule has 0 aromatic heterocycles. The molecule has 4 N–H and O–H groups in total. The summed E-state index contributed by atoms with van der Waals surface area (Å²) in [6.45, 7) is 6.61. The summed E-state index contributed by atoms with van der Waals surface area (Å²) in [6, 6.07) is 4.99. The zero-order valence-electron chi connectivity index (χ0n) is 11.5. The second-order valence-electron chi connectivity index (χ2n) is 5.57. The maximum absolute atomic E-state index is 9.71. The molecule has 2 aliphatic heterocycles. The summed E-state index contributed by atoms with van der Waals surface area (Å²) in [4.78, 5) is 6.71. The molecule has 0 fully saturated rings. The standard InChI is InChI=1S/C14H20N4O/c1-7(2)18-8(3)6-10-11(18)5-4-9-12(10)16-14(19)17-13(9)15/h4-5,7-8,14,17,19H,6,15H2,1-3H3. The summed E-state index contributed by atoms with van der Waals surface area (Å²) >= 11 is 0. The van der Waals surface area contributed by atoms with Crippen LogP contribution in [0.15, 0.2) is 17.1 Å². The first-order valence-corrected chi connectivity index (χ1v) is 6.71. The van der Waals surface area contributed by atoms with E-state index in [9.17, 15) is 5.11 Å². The van der Waals surface area contributed by atoms with Crippen molar-refractivity contribution in [3.63, 3.8) is 0 Å². The Bertz CT molecular complexity index is 638. The lowest BCUT2D eigenvalue weighted by atomic mass is 10.1. The van der Waals surface area contributed by atoms with E-state index in [-0.39, 0.29) is 0 Å². The molecule has 102 valence electrons. The van der Waals surface area contributed by atoms with Gasteiger partial charge in [0.05, 0.1) is 5.36 Å². The minimum absolute atomic E-state index is 0.447. The molecule has 0 aliphatic carbocycles. The topological polar surface area (TPSA) is 73.9 Å². The van der Waals surface area contributed by atoms with Crippen LogP contribution in [0.3, 0.4) is 0 Å². The van der Waals surface area contributed by atoms with Crippen LogP contribution in [0.4, 0.5) is 5.69 Å². The van der Waals surface area contributed by atoms with Crippen LogP contribution >= 0.6 is 0 Å². The average molecular weight is 260 g/mol. The van der Waals surface area contributed by atoms with Crippen LogP contribution in [0.25, 0.3) is 5.82 Å². The third-order valence-corrected chi connectivity index (χ3v) is 3.89. The van der Waals surface area contributed by atoms with Gasteiger partial charge >= 0.3 is 0 Å². The van der Waals surface area contributed by atoms with Crippen LogP contribution < -0.4 is 26.5 Å². The predicted molar refractivity (Wildman–Crippen MR) is 74.7 cm³/mol. The number of nitrogens with one attached hydrogen (secondary N) is 1. The highest BCUT2D eigenvalue weighted by atomic mass is 16.3. The van der Waals surface area contributed by atoms with E-state index >= 15 is 0 Å². The Morgan fingerprint density at radius 1 is 1.47 bits per heavy atom. The normalized spacial score (nSPS) is 24.9. The Morgan fingerprint density at radius 3 is 2.89 bits per heavy atom. The number of rotatable bonds is 1. The molecule has 2 unspecified atom stereocenters. The molecule has 0 amide bonds. The second kappa shape index (κ2) is 4.13. The fraction of sp³-hybridized carbons (Fsp3) is 0.500. The van der Waals surface area contributed by atoms with E-state index in [4.69, 9.17) is 5.73 Å². The zero-order valence-corrected chi connectivity index (χ0v) is 11.5. The van der Waals surface area contributed by atoms with E-state index in [0.29, 0.717) is 17.9 Å². The summed E-state index contributed by atoms with van der Waals surface area (Å²) in [5, 5.41) is 14.2. The van der Waals surface area contributed by atoms with Crippen LogP contribution in [0, 0.1) is 0 Å².